The number of carbonyl (C=O) groups is 1. The Bertz CT molecular complexity index is 614. The SMILES string of the molecule is CC1CN(CCC(=O)O)c2c(Br)cccc2S1(=O)=O. The van der Waals surface area contributed by atoms with Crippen LogP contribution in [0, 0.1) is 0 Å². The van der Waals surface area contributed by atoms with Crippen molar-refractivity contribution in [2.45, 2.75) is 23.5 Å². The Balaban J connectivity index is 2.48. The molecule has 1 atom stereocenters. The molecule has 0 aromatic heterocycles. The van der Waals surface area contributed by atoms with Gasteiger partial charge in [0.2, 0.25) is 0 Å². The first-order valence-corrected chi connectivity index (χ1v) is 8.17. The molecule has 7 heteroatoms. The van der Waals surface area contributed by atoms with E-state index >= 15 is 0 Å². The molecule has 1 heterocycles. The smallest absolute Gasteiger partial charge is 0.305 e. The average Bonchev–Trinajstić information content (AvgIpc) is 2.32. The first-order chi connectivity index (χ1) is 8.84. The summed E-state index contributed by atoms with van der Waals surface area (Å²) < 4.78 is 25.2. The van der Waals surface area contributed by atoms with E-state index in [2.05, 4.69) is 15.9 Å². The van der Waals surface area contributed by atoms with Crippen LogP contribution in [0.15, 0.2) is 27.6 Å². The molecule has 1 unspecified atom stereocenters. The molecule has 19 heavy (non-hydrogen) atoms. The summed E-state index contributed by atoms with van der Waals surface area (Å²) in [5.41, 5.74) is 0.571. The number of nitrogens with zero attached hydrogens (tertiary/aromatic N) is 1. The summed E-state index contributed by atoms with van der Waals surface area (Å²) in [5, 5.41) is 8.23. The largest absolute Gasteiger partial charge is 0.481 e. The molecular weight excluding hydrogens is 334 g/mol. The maximum absolute atomic E-state index is 12.3. The van der Waals surface area contributed by atoms with Crippen molar-refractivity contribution >= 4 is 37.4 Å². The minimum Gasteiger partial charge on any atom is -0.481 e. The summed E-state index contributed by atoms with van der Waals surface area (Å²) in [6.45, 7) is 2.25. The molecule has 1 aliphatic heterocycles. The summed E-state index contributed by atoms with van der Waals surface area (Å²) in [5.74, 6) is -0.894. The Morgan fingerprint density at radius 3 is 2.84 bits per heavy atom. The Morgan fingerprint density at radius 1 is 1.53 bits per heavy atom. The second-order valence-corrected chi connectivity index (χ2v) is 7.72. The van der Waals surface area contributed by atoms with Crippen LogP contribution in [0.2, 0.25) is 0 Å². The van der Waals surface area contributed by atoms with Gasteiger partial charge >= 0.3 is 5.97 Å². The topological polar surface area (TPSA) is 74.7 Å². The van der Waals surface area contributed by atoms with E-state index in [1.807, 2.05) is 4.90 Å². The molecule has 1 aromatic carbocycles. The molecule has 1 aliphatic rings. The maximum atomic E-state index is 12.3. The lowest BCUT2D eigenvalue weighted by molar-refractivity contribution is -0.136. The first kappa shape index (κ1) is 14.3. The van der Waals surface area contributed by atoms with Gasteiger partial charge in [-0.3, -0.25) is 4.79 Å². The van der Waals surface area contributed by atoms with Gasteiger partial charge < -0.3 is 10.0 Å². The Labute approximate surface area is 120 Å². The molecule has 0 saturated heterocycles. The number of fused-ring (bicyclic) bond motifs is 1. The van der Waals surface area contributed by atoms with E-state index in [9.17, 15) is 13.2 Å². The van der Waals surface area contributed by atoms with Crippen molar-refractivity contribution in [1.29, 1.82) is 0 Å². The Morgan fingerprint density at radius 2 is 2.21 bits per heavy atom. The van der Waals surface area contributed by atoms with Crippen molar-refractivity contribution in [3.63, 3.8) is 0 Å². The average molecular weight is 348 g/mol. The van der Waals surface area contributed by atoms with E-state index in [1.165, 1.54) is 0 Å². The molecule has 5 nitrogen and oxygen atoms in total. The fraction of sp³-hybridized carbons (Fsp3) is 0.417. The number of hydrogen-bond acceptors (Lipinski definition) is 4. The van der Waals surface area contributed by atoms with Gasteiger partial charge in [-0.05, 0) is 35.0 Å². The van der Waals surface area contributed by atoms with Crippen LogP contribution in [0.5, 0.6) is 0 Å². The standard InChI is InChI=1S/C12H14BrNO4S/c1-8-7-14(6-5-11(15)16)12-9(13)3-2-4-10(12)19(8,17)18/h2-4,8H,5-7H2,1H3,(H,15,16). The summed E-state index contributed by atoms with van der Waals surface area (Å²) in [6, 6.07) is 5.00. The summed E-state index contributed by atoms with van der Waals surface area (Å²) in [7, 11) is -3.33. The minimum absolute atomic E-state index is 0.0203. The molecule has 2 rings (SSSR count). The Hall–Kier alpha value is -1.08. The molecule has 1 N–H and O–H groups in total. The van der Waals surface area contributed by atoms with Crippen LogP contribution in [0.1, 0.15) is 13.3 Å². The van der Waals surface area contributed by atoms with Crippen molar-refractivity contribution < 1.29 is 18.3 Å². The molecule has 0 amide bonds. The lowest BCUT2D eigenvalue weighted by Crippen LogP contribution is -2.42. The zero-order chi connectivity index (χ0) is 14.2. The van der Waals surface area contributed by atoms with E-state index in [-0.39, 0.29) is 11.3 Å². The van der Waals surface area contributed by atoms with E-state index in [1.54, 1.807) is 25.1 Å². The fourth-order valence-electron chi connectivity index (χ4n) is 2.18. The highest BCUT2D eigenvalue weighted by Gasteiger charge is 2.35. The van der Waals surface area contributed by atoms with E-state index in [0.29, 0.717) is 23.2 Å². The highest BCUT2D eigenvalue weighted by atomic mass is 79.9. The lowest BCUT2D eigenvalue weighted by atomic mass is 10.2. The van der Waals surface area contributed by atoms with Crippen LogP contribution in [-0.4, -0.2) is 37.8 Å². The molecule has 0 radical (unpaired) electrons. The normalized spacial score (nSPS) is 20.9. The third-order valence-electron chi connectivity index (χ3n) is 3.18. The number of halogens is 1. The zero-order valence-corrected chi connectivity index (χ0v) is 12.7. The third kappa shape index (κ3) is 2.62. The summed E-state index contributed by atoms with van der Waals surface area (Å²) in [4.78, 5) is 12.8. The van der Waals surface area contributed by atoms with Crippen LogP contribution in [0.4, 0.5) is 5.69 Å². The molecule has 0 fully saturated rings. The van der Waals surface area contributed by atoms with Crippen LogP contribution in [0.3, 0.4) is 0 Å². The van der Waals surface area contributed by atoms with E-state index < -0.39 is 21.1 Å². The number of carboxylic acids is 1. The van der Waals surface area contributed by atoms with E-state index in [0.717, 1.165) is 0 Å². The number of para-hydroxylation sites is 1. The molecule has 104 valence electrons. The van der Waals surface area contributed by atoms with Crippen molar-refractivity contribution in [2.75, 3.05) is 18.0 Å². The summed E-state index contributed by atoms with van der Waals surface area (Å²) >= 11 is 3.35. The highest BCUT2D eigenvalue weighted by Crippen LogP contribution is 2.39. The van der Waals surface area contributed by atoms with Crippen LogP contribution < -0.4 is 4.90 Å². The van der Waals surface area contributed by atoms with Gasteiger partial charge in [0.1, 0.15) is 0 Å². The Kier molecular flexibility index (Phi) is 3.87. The first-order valence-electron chi connectivity index (χ1n) is 5.83. The van der Waals surface area contributed by atoms with Gasteiger partial charge in [0.25, 0.3) is 0 Å². The molecule has 1 aromatic rings. The molecule has 0 aliphatic carbocycles. The lowest BCUT2D eigenvalue weighted by Gasteiger charge is -2.34. The minimum atomic E-state index is -3.33. The van der Waals surface area contributed by atoms with Crippen LogP contribution in [0.25, 0.3) is 0 Å². The number of anilines is 1. The second-order valence-electron chi connectivity index (χ2n) is 4.53. The fourth-order valence-corrected chi connectivity index (χ4v) is 4.52. The third-order valence-corrected chi connectivity index (χ3v) is 5.97. The zero-order valence-electron chi connectivity index (χ0n) is 10.3. The van der Waals surface area contributed by atoms with Gasteiger partial charge in [0.15, 0.2) is 9.84 Å². The highest BCUT2D eigenvalue weighted by molar-refractivity contribution is 9.10. The number of benzene rings is 1. The quantitative estimate of drug-likeness (QED) is 0.903. The van der Waals surface area contributed by atoms with Crippen molar-refractivity contribution in [2.24, 2.45) is 0 Å². The molecule has 0 bridgehead atoms. The number of hydrogen-bond donors (Lipinski definition) is 1. The van der Waals surface area contributed by atoms with Crippen molar-refractivity contribution in [3.05, 3.63) is 22.7 Å². The second kappa shape index (κ2) is 5.13. The number of rotatable bonds is 3. The van der Waals surface area contributed by atoms with Gasteiger partial charge in [-0.1, -0.05) is 6.07 Å². The molecule has 0 spiro atoms. The number of carboxylic acid groups (broad SMARTS) is 1. The predicted octanol–water partition coefficient (Wildman–Crippen LogP) is 1.91. The van der Waals surface area contributed by atoms with Gasteiger partial charge in [0.05, 0.1) is 22.3 Å². The monoisotopic (exact) mass is 347 g/mol. The van der Waals surface area contributed by atoms with Crippen molar-refractivity contribution in [1.82, 2.24) is 0 Å². The van der Waals surface area contributed by atoms with E-state index in [4.69, 9.17) is 5.11 Å². The molecular formula is C12H14BrNO4S. The van der Waals surface area contributed by atoms with Crippen molar-refractivity contribution in [3.8, 4) is 0 Å². The predicted molar refractivity (Wildman–Crippen MR) is 75.3 cm³/mol. The number of sulfone groups is 1. The van der Waals surface area contributed by atoms with Crippen LogP contribution in [-0.2, 0) is 14.6 Å². The maximum Gasteiger partial charge on any atom is 0.305 e. The molecule has 0 saturated carbocycles. The van der Waals surface area contributed by atoms with Gasteiger partial charge in [-0.15, -0.1) is 0 Å². The summed E-state index contributed by atoms with van der Waals surface area (Å²) in [6.07, 6.45) is -0.0203. The van der Waals surface area contributed by atoms with Gasteiger partial charge in [-0.25, -0.2) is 8.42 Å². The number of aliphatic carboxylic acids is 1. The van der Waals surface area contributed by atoms with Crippen LogP contribution >= 0.6 is 15.9 Å². The van der Waals surface area contributed by atoms with Gasteiger partial charge in [-0.2, -0.15) is 0 Å². The van der Waals surface area contributed by atoms with Gasteiger partial charge in [0, 0.05) is 17.6 Å².